The van der Waals surface area contributed by atoms with Gasteiger partial charge in [-0.15, -0.1) is 11.3 Å². The largest absolute Gasteiger partial charge is 0.475 e. The summed E-state index contributed by atoms with van der Waals surface area (Å²) in [6.45, 7) is 2.32. The molecule has 0 aromatic carbocycles. The fourth-order valence-electron chi connectivity index (χ4n) is 2.77. The summed E-state index contributed by atoms with van der Waals surface area (Å²) in [4.78, 5) is 12.4. The molecule has 0 spiro atoms. The summed E-state index contributed by atoms with van der Waals surface area (Å²) in [6.07, 6.45) is 3.49. The van der Waals surface area contributed by atoms with E-state index in [9.17, 15) is 4.79 Å². The molecule has 20 heavy (non-hydrogen) atoms. The number of aromatic carboxylic acids is 1. The van der Waals surface area contributed by atoms with Gasteiger partial charge in [0, 0.05) is 16.5 Å². The molecule has 2 heterocycles. The highest BCUT2D eigenvalue weighted by atomic mass is 32.1. The standard InChI is InChI=1S/C15H17NO3S/c1-9-7-10(19-14(9)15(17)18)8-16-12-3-2-4-13-11(12)5-6-20-13/h5-7,12,16H,2-4,8H2,1H3,(H,17,18). The highest BCUT2D eigenvalue weighted by Crippen LogP contribution is 2.33. The summed E-state index contributed by atoms with van der Waals surface area (Å²) in [7, 11) is 0. The molecule has 1 aliphatic rings. The van der Waals surface area contributed by atoms with E-state index in [1.54, 1.807) is 13.0 Å². The van der Waals surface area contributed by atoms with E-state index in [1.807, 2.05) is 11.3 Å². The molecule has 1 aliphatic carbocycles. The van der Waals surface area contributed by atoms with E-state index in [-0.39, 0.29) is 5.76 Å². The Morgan fingerprint density at radius 1 is 1.60 bits per heavy atom. The summed E-state index contributed by atoms with van der Waals surface area (Å²) < 4.78 is 5.38. The molecule has 0 bridgehead atoms. The summed E-state index contributed by atoms with van der Waals surface area (Å²) in [5.74, 6) is -0.282. The molecule has 106 valence electrons. The van der Waals surface area contributed by atoms with E-state index in [2.05, 4.69) is 16.8 Å². The van der Waals surface area contributed by atoms with Crippen molar-refractivity contribution in [2.45, 2.75) is 38.8 Å². The van der Waals surface area contributed by atoms with Crippen molar-refractivity contribution >= 4 is 17.3 Å². The van der Waals surface area contributed by atoms with Gasteiger partial charge in [0.25, 0.3) is 0 Å². The second-order valence-corrected chi connectivity index (χ2v) is 6.16. The summed E-state index contributed by atoms with van der Waals surface area (Å²) in [5.41, 5.74) is 2.07. The van der Waals surface area contributed by atoms with Crippen LogP contribution in [0.15, 0.2) is 21.9 Å². The maximum Gasteiger partial charge on any atom is 0.372 e. The molecule has 2 aromatic rings. The molecule has 0 saturated heterocycles. The first-order valence-electron chi connectivity index (χ1n) is 6.77. The third-order valence-corrected chi connectivity index (χ3v) is 4.73. The molecule has 5 heteroatoms. The molecule has 1 atom stereocenters. The van der Waals surface area contributed by atoms with Crippen LogP contribution in [0, 0.1) is 6.92 Å². The first-order chi connectivity index (χ1) is 9.65. The lowest BCUT2D eigenvalue weighted by molar-refractivity contribution is 0.0659. The van der Waals surface area contributed by atoms with E-state index in [4.69, 9.17) is 9.52 Å². The third kappa shape index (κ3) is 2.51. The molecule has 4 nitrogen and oxygen atoms in total. The van der Waals surface area contributed by atoms with Crippen LogP contribution in [0.4, 0.5) is 0 Å². The van der Waals surface area contributed by atoms with Crippen LogP contribution in [-0.2, 0) is 13.0 Å². The van der Waals surface area contributed by atoms with Crippen molar-refractivity contribution in [3.63, 3.8) is 0 Å². The fraction of sp³-hybridized carbons (Fsp3) is 0.400. The van der Waals surface area contributed by atoms with Gasteiger partial charge in [-0.05, 0) is 49.3 Å². The highest BCUT2D eigenvalue weighted by molar-refractivity contribution is 7.10. The molecule has 2 N–H and O–H groups in total. The van der Waals surface area contributed by atoms with Crippen LogP contribution in [0.2, 0.25) is 0 Å². The minimum Gasteiger partial charge on any atom is -0.475 e. The highest BCUT2D eigenvalue weighted by Gasteiger charge is 2.21. The normalized spacial score (nSPS) is 17.9. The smallest absolute Gasteiger partial charge is 0.372 e. The van der Waals surface area contributed by atoms with Gasteiger partial charge in [0.05, 0.1) is 6.54 Å². The van der Waals surface area contributed by atoms with Gasteiger partial charge in [-0.3, -0.25) is 0 Å². The van der Waals surface area contributed by atoms with E-state index >= 15 is 0 Å². The Balaban J connectivity index is 1.69. The first kappa shape index (κ1) is 13.4. The molecule has 1 unspecified atom stereocenters. The van der Waals surface area contributed by atoms with Gasteiger partial charge >= 0.3 is 5.97 Å². The molecular weight excluding hydrogens is 274 g/mol. The SMILES string of the molecule is Cc1cc(CNC2CCCc3sccc32)oc1C(=O)O. The Morgan fingerprint density at radius 2 is 2.45 bits per heavy atom. The third-order valence-electron chi connectivity index (χ3n) is 3.74. The molecule has 0 saturated carbocycles. The van der Waals surface area contributed by atoms with Gasteiger partial charge in [-0.1, -0.05) is 0 Å². The zero-order chi connectivity index (χ0) is 14.1. The van der Waals surface area contributed by atoms with Crippen LogP contribution in [-0.4, -0.2) is 11.1 Å². The van der Waals surface area contributed by atoms with Crippen LogP contribution in [0.25, 0.3) is 0 Å². The number of hydrogen-bond acceptors (Lipinski definition) is 4. The van der Waals surface area contributed by atoms with Gasteiger partial charge in [0.2, 0.25) is 5.76 Å². The summed E-state index contributed by atoms with van der Waals surface area (Å²) in [6, 6.07) is 4.34. The Bertz CT molecular complexity index is 629. The second-order valence-electron chi connectivity index (χ2n) is 5.15. The molecule has 0 amide bonds. The van der Waals surface area contributed by atoms with Gasteiger partial charge in [-0.25, -0.2) is 4.79 Å². The monoisotopic (exact) mass is 291 g/mol. The quantitative estimate of drug-likeness (QED) is 0.904. The zero-order valence-corrected chi connectivity index (χ0v) is 12.1. The van der Waals surface area contributed by atoms with E-state index in [0.29, 0.717) is 23.9 Å². The van der Waals surface area contributed by atoms with Crippen molar-refractivity contribution in [2.24, 2.45) is 0 Å². The van der Waals surface area contributed by atoms with Crippen LogP contribution in [0.5, 0.6) is 0 Å². The van der Waals surface area contributed by atoms with Crippen LogP contribution < -0.4 is 5.32 Å². The molecule has 2 aromatic heterocycles. The van der Waals surface area contributed by atoms with Crippen molar-refractivity contribution in [3.05, 3.63) is 45.0 Å². The van der Waals surface area contributed by atoms with Crippen molar-refractivity contribution in [1.29, 1.82) is 0 Å². The number of furan rings is 1. The van der Waals surface area contributed by atoms with Crippen LogP contribution in [0.1, 0.15) is 51.2 Å². The number of rotatable bonds is 4. The summed E-state index contributed by atoms with van der Waals surface area (Å²) >= 11 is 1.82. The van der Waals surface area contributed by atoms with Crippen LogP contribution >= 0.6 is 11.3 Å². The minimum atomic E-state index is -1.01. The molecular formula is C15H17NO3S. The van der Waals surface area contributed by atoms with Gasteiger partial charge < -0.3 is 14.8 Å². The first-order valence-corrected chi connectivity index (χ1v) is 7.65. The topological polar surface area (TPSA) is 62.5 Å². The Labute approximate surface area is 121 Å². The Hall–Kier alpha value is -1.59. The molecule has 0 fully saturated rings. The predicted molar refractivity (Wildman–Crippen MR) is 77.2 cm³/mol. The Kier molecular flexibility index (Phi) is 3.63. The van der Waals surface area contributed by atoms with Gasteiger partial charge in [0.1, 0.15) is 5.76 Å². The molecule has 0 radical (unpaired) electrons. The summed E-state index contributed by atoms with van der Waals surface area (Å²) in [5, 5.41) is 14.6. The number of carboxylic acid groups (broad SMARTS) is 1. The van der Waals surface area contributed by atoms with Gasteiger partial charge in [0.15, 0.2) is 0 Å². The van der Waals surface area contributed by atoms with Crippen molar-refractivity contribution in [1.82, 2.24) is 5.32 Å². The number of fused-ring (bicyclic) bond motifs is 1. The number of thiophene rings is 1. The Morgan fingerprint density at radius 3 is 3.20 bits per heavy atom. The van der Waals surface area contributed by atoms with E-state index in [1.165, 1.54) is 23.3 Å². The average Bonchev–Trinajstić information content (AvgIpc) is 3.02. The minimum absolute atomic E-state index is 0.0432. The number of carbonyl (C=O) groups is 1. The number of nitrogens with one attached hydrogen (secondary N) is 1. The second kappa shape index (κ2) is 5.42. The lowest BCUT2D eigenvalue weighted by Crippen LogP contribution is -2.23. The van der Waals surface area contributed by atoms with Crippen molar-refractivity contribution < 1.29 is 14.3 Å². The fourth-order valence-corrected chi connectivity index (χ4v) is 3.76. The number of hydrogen-bond donors (Lipinski definition) is 2. The van der Waals surface area contributed by atoms with Crippen molar-refractivity contribution in [3.8, 4) is 0 Å². The van der Waals surface area contributed by atoms with Crippen LogP contribution in [0.3, 0.4) is 0 Å². The maximum atomic E-state index is 11.0. The predicted octanol–water partition coefficient (Wildman–Crippen LogP) is 3.51. The lowest BCUT2D eigenvalue weighted by Gasteiger charge is -2.23. The zero-order valence-electron chi connectivity index (χ0n) is 11.3. The number of aryl methyl sites for hydroxylation is 2. The van der Waals surface area contributed by atoms with E-state index in [0.717, 1.165) is 6.42 Å². The lowest BCUT2D eigenvalue weighted by atomic mass is 9.94. The molecule has 3 rings (SSSR count). The van der Waals surface area contributed by atoms with Gasteiger partial charge in [-0.2, -0.15) is 0 Å². The molecule has 0 aliphatic heterocycles. The van der Waals surface area contributed by atoms with E-state index < -0.39 is 5.97 Å². The number of carboxylic acids is 1. The average molecular weight is 291 g/mol. The van der Waals surface area contributed by atoms with Crippen molar-refractivity contribution in [2.75, 3.05) is 0 Å². The maximum absolute atomic E-state index is 11.0.